The first kappa shape index (κ1) is 9.36. The first-order chi connectivity index (χ1) is 6.98. The van der Waals surface area contributed by atoms with Crippen molar-refractivity contribution in [3.63, 3.8) is 0 Å². The van der Waals surface area contributed by atoms with Crippen LogP contribution in [-0.2, 0) is 14.3 Å². The van der Waals surface area contributed by atoms with Crippen LogP contribution >= 0.6 is 0 Å². The first-order valence-corrected chi connectivity index (χ1v) is 5.27. The molecule has 82 valence electrons. The predicted octanol–water partition coefficient (Wildman–Crippen LogP) is 0.540. The molecule has 1 aliphatic carbocycles. The molecule has 0 aromatic heterocycles. The highest BCUT2D eigenvalue weighted by Crippen LogP contribution is 2.46. The minimum Gasteiger partial charge on any atom is -0.488 e. The summed E-state index contributed by atoms with van der Waals surface area (Å²) in [6.45, 7) is 3.80. The Labute approximate surface area is 87.9 Å². The third-order valence-electron chi connectivity index (χ3n) is 3.18. The predicted molar refractivity (Wildman–Crippen MR) is 51.1 cm³/mol. The summed E-state index contributed by atoms with van der Waals surface area (Å²) in [4.78, 5) is 11.8. The molecule has 0 amide bonds. The summed E-state index contributed by atoms with van der Waals surface area (Å²) in [5, 5.41) is 9.64. The van der Waals surface area contributed by atoms with Gasteiger partial charge in [0.25, 0.3) is 0 Å². The zero-order chi connectivity index (χ0) is 10.8. The topological polar surface area (TPSA) is 59.1 Å². The monoisotopic (exact) mass is 210 g/mol. The lowest BCUT2D eigenvalue weighted by molar-refractivity contribution is -0.124. The van der Waals surface area contributed by atoms with Crippen molar-refractivity contribution in [2.45, 2.75) is 50.6 Å². The summed E-state index contributed by atoms with van der Waals surface area (Å²) in [5.41, 5.74) is 0.204. The number of carbonyl (C=O) groups excluding carboxylic acids is 1. The zero-order valence-electron chi connectivity index (χ0n) is 8.82. The molecule has 0 spiro atoms. The molecule has 0 saturated carbocycles. The van der Waals surface area contributed by atoms with Crippen molar-refractivity contribution in [2.75, 3.05) is 0 Å². The number of ether oxygens (including phenoxy) is 2. The molecule has 3 atom stereocenters. The second-order valence-electron chi connectivity index (χ2n) is 5.10. The largest absolute Gasteiger partial charge is 0.488 e. The lowest BCUT2D eigenvalue weighted by atomic mass is 9.85. The first-order valence-electron chi connectivity index (χ1n) is 5.27. The number of rotatable bonds is 0. The zero-order valence-corrected chi connectivity index (χ0v) is 8.82. The smallest absolute Gasteiger partial charge is 0.166 e. The molecule has 0 radical (unpaired) electrons. The van der Waals surface area contributed by atoms with Crippen LogP contribution in [0.4, 0.5) is 0 Å². The Bertz CT molecular complexity index is 369. The molecule has 1 N–H and O–H groups in total. The van der Waals surface area contributed by atoms with Crippen LogP contribution in [0.5, 0.6) is 0 Å². The second kappa shape index (κ2) is 2.62. The van der Waals surface area contributed by atoms with Crippen molar-refractivity contribution in [3.8, 4) is 0 Å². The van der Waals surface area contributed by atoms with Crippen molar-refractivity contribution in [1.29, 1.82) is 0 Å². The Morgan fingerprint density at radius 3 is 2.93 bits per heavy atom. The van der Waals surface area contributed by atoms with Gasteiger partial charge in [-0.1, -0.05) is 0 Å². The average Bonchev–Trinajstić information content (AvgIpc) is 2.86. The van der Waals surface area contributed by atoms with Crippen molar-refractivity contribution < 1.29 is 19.4 Å². The van der Waals surface area contributed by atoms with E-state index in [1.54, 1.807) is 0 Å². The Morgan fingerprint density at radius 1 is 1.47 bits per heavy atom. The second-order valence-corrected chi connectivity index (χ2v) is 5.10. The van der Waals surface area contributed by atoms with Gasteiger partial charge in [0.05, 0.1) is 12.5 Å². The summed E-state index contributed by atoms with van der Waals surface area (Å²) in [5.74, 6) is 0.765. The highest BCUT2D eigenvalue weighted by atomic mass is 16.6. The van der Waals surface area contributed by atoms with E-state index in [0.717, 1.165) is 0 Å². The SMILES string of the molecule is CC1(C)CC(=O)C2=C(O1)C1OC1C(O)C2. The van der Waals surface area contributed by atoms with Crippen LogP contribution in [0, 0.1) is 0 Å². The van der Waals surface area contributed by atoms with E-state index >= 15 is 0 Å². The molecule has 1 saturated heterocycles. The van der Waals surface area contributed by atoms with Crippen LogP contribution in [0.3, 0.4) is 0 Å². The van der Waals surface area contributed by atoms with Gasteiger partial charge in [0.15, 0.2) is 5.78 Å². The van der Waals surface area contributed by atoms with E-state index in [9.17, 15) is 9.90 Å². The normalized spacial score (nSPS) is 41.8. The Balaban J connectivity index is 2.00. The summed E-state index contributed by atoms with van der Waals surface area (Å²) < 4.78 is 11.1. The number of carbonyl (C=O) groups is 1. The maximum Gasteiger partial charge on any atom is 0.166 e. The number of hydrogen-bond donors (Lipinski definition) is 1. The molecular weight excluding hydrogens is 196 g/mol. The third-order valence-corrected chi connectivity index (χ3v) is 3.18. The fourth-order valence-corrected chi connectivity index (χ4v) is 2.42. The van der Waals surface area contributed by atoms with Crippen LogP contribution in [-0.4, -0.2) is 34.8 Å². The lowest BCUT2D eigenvalue weighted by Crippen LogP contribution is -2.39. The molecule has 15 heavy (non-hydrogen) atoms. The minimum absolute atomic E-state index is 0.0919. The van der Waals surface area contributed by atoms with E-state index in [1.165, 1.54) is 0 Å². The maximum absolute atomic E-state index is 11.8. The number of Topliss-reactive ketones (excluding diaryl/α,β-unsaturated/α-hetero) is 1. The molecule has 2 heterocycles. The number of aliphatic hydroxyl groups is 1. The van der Waals surface area contributed by atoms with E-state index in [1.807, 2.05) is 13.8 Å². The summed E-state index contributed by atoms with van der Waals surface area (Å²) in [6, 6.07) is 0. The Morgan fingerprint density at radius 2 is 2.20 bits per heavy atom. The summed E-state index contributed by atoms with van der Waals surface area (Å²) in [7, 11) is 0. The molecule has 1 fully saturated rings. The van der Waals surface area contributed by atoms with E-state index in [-0.39, 0.29) is 18.0 Å². The highest BCUT2D eigenvalue weighted by molar-refractivity contribution is 5.97. The van der Waals surface area contributed by atoms with Crippen LogP contribution in [0.1, 0.15) is 26.7 Å². The molecule has 0 bridgehead atoms. The van der Waals surface area contributed by atoms with E-state index in [2.05, 4.69) is 0 Å². The number of epoxide rings is 1. The van der Waals surface area contributed by atoms with Gasteiger partial charge in [-0.15, -0.1) is 0 Å². The molecule has 3 aliphatic rings. The maximum atomic E-state index is 11.8. The molecule has 0 aromatic rings. The van der Waals surface area contributed by atoms with Crippen LogP contribution in [0.2, 0.25) is 0 Å². The molecule has 4 heteroatoms. The standard InChI is InChI=1S/C11H14O4/c1-11(2)4-7(13)5-3-6(12)9-10(14-9)8(5)15-11/h6,9-10,12H,3-4H2,1-2H3. The van der Waals surface area contributed by atoms with Crippen molar-refractivity contribution in [2.24, 2.45) is 0 Å². The van der Waals surface area contributed by atoms with Gasteiger partial charge in [0.1, 0.15) is 23.6 Å². The van der Waals surface area contributed by atoms with Crippen LogP contribution in [0.25, 0.3) is 0 Å². The number of fused-ring (bicyclic) bond motifs is 2. The lowest BCUT2D eigenvalue weighted by Gasteiger charge is -2.35. The molecule has 0 aromatic carbocycles. The fourth-order valence-electron chi connectivity index (χ4n) is 2.42. The van der Waals surface area contributed by atoms with Gasteiger partial charge >= 0.3 is 0 Å². The van der Waals surface area contributed by atoms with Gasteiger partial charge in [0, 0.05) is 12.0 Å². The van der Waals surface area contributed by atoms with E-state index in [4.69, 9.17) is 9.47 Å². The Hall–Kier alpha value is -0.870. The minimum atomic E-state index is -0.539. The molecule has 3 rings (SSSR count). The summed E-state index contributed by atoms with van der Waals surface area (Å²) in [6.07, 6.45) is -0.0957. The van der Waals surface area contributed by atoms with Gasteiger partial charge in [0.2, 0.25) is 0 Å². The molecule has 2 aliphatic heterocycles. The van der Waals surface area contributed by atoms with E-state index in [0.29, 0.717) is 24.2 Å². The van der Waals surface area contributed by atoms with Gasteiger partial charge in [-0.2, -0.15) is 0 Å². The fraction of sp³-hybridized carbons (Fsp3) is 0.727. The average molecular weight is 210 g/mol. The molecule has 4 nitrogen and oxygen atoms in total. The third kappa shape index (κ3) is 1.32. The number of hydrogen-bond acceptors (Lipinski definition) is 4. The summed E-state index contributed by atoms with van der Waals surface area (Å²) >= 11 is 0. The van der Waals surface area contributed by atoms with Gasteiger partial charge in [-0.3, -0.25) is 4.79 Å². The quantitative estimate of drug-likeness (QED) is 0.593. The van der Waals surface area contributed by atoms with E-state index < -0.39 is 11.7 Å². The highest BCUT2D eigenvalue weighted by Gasteiger charge is 2.56. The van der Waals surface area contributed by atoms with Crippen LogP contribution < -0.4 is 0 Å². The van der Waals surface area contributed by atoms with Crippen molar-refractivity contribution >= 4 is 5.78 Å². The van der Waals surface area contributed by atoms with Crippen LogP contribution in [0.15, 0.2) is 11.3 Å². The number of ketones is 1. The van der Waals surface area contributed by atoms with Crippen molar-refractivity contribution in [3.05, 3.63) is 11.3 Å². The van der Waals surface area contributed by atoms with Gasteiger partial charge < -0.3 is 14.6 Å². The number of aliphatic hydroxyl groups excluding tert-OH is 1. The molecule has 3 unspecified atom stereocenters. The van der Waals surface area contributed by atoms with Crippen molar-refractivity contribution in [1.82, 2.24) is 0 Å². The molecular formula is C11H14O4. The van der Waals surface area contributed by atoms with Gasteiger partial charge in [-0.25, -0.2) is 0 Å². The Kier molecular flexibility index (Phi) is 1.64. The van der Waals surface area contributed by atoms with Gasteiger partial charge in [-0.05, 0) is 13.8 Å².